The standard InChI is InChI=1S/C45H25N3O2S/c1-2-10-26(11-3-1)43-46-44(48-45(47-43)33-16-9-19-38-41(33)32-13-5-7-18-37(32)49-38)28-21-23-40-35(25-28)34-24-27(20-22-39(34)51-40)29-14-8-15-31-30-12-4-6-17-36(30)50-42(29)31/h1-25H. The van der Waals surface area contributed by atoms with Gasteiger partial charge in [-0.3, -0.25) is 0 Å². The minimum absolute atomic E-state index is 0.604. The Morgan fingerprint density at radius 1 is 0.373 bits per heavy atom. The minimum atomic E-state index is 0.604. The molecule has 7 aromatic carbocycles. The summed E-state index contributed by atoms with van der Waals surface area (Å²) in [4.78, 5) is 15.3. The van der Waals surface area contributed by atoms with Crippen LogP contribution in [-0.4, -0.2) is 15.0 Å². The number of benzene rings is 7. The molecule has 0 N–H and O–H groups in total. The van der Waals surface area contributed by atoms with E-state index in [0.717, 1.165) is 77.1 Å². The largest absolute Gasteiger partial charge is 0.456 e. The van der Waals surface area contributed by atoms with Gasteiger partial charge in [0.1, 0.15) is 22.3 Å². The number of fused-ring (bicyclic) bond motifs is 9. The first-order chi connectivity index (χ1) is 25.2. The Labute approximate surface area is 295 Å². The van der Waals surface area contributed by atoms with Crippen molar-refractivity contribution in [3.05, 3.63) is 152 Å². The van der Waals surface area contributed by atoms with Crippen molar-refractivity contribution in [3.63, 3.8) is 0 Å². The lowest BCUT2D eigenvalue weighted by Crippen LogP contribution is -2.00. The van der Waals surface area contributed by atoms with Crippen molar-refractivity contribution in [1.82, 2.24) is 15.0 Å². The molecule has 6 heteroatoms. The Balaban J connectivity index is 1.10. The van der Waals surface area contributed by atoms with Crippen LogP contribution in [0, 0.1) is 0 Å². The summed E-state index contributed by atoms with van der Waals surface area (Å²) < 4.78 is 15.1. The third-order valence-electron chi connectivity index (χ3n) is 9.75. The van der Waals surface area contributed by atoms with E-state index in [4.69, 9.17) is 23.8 Å². The Hall–Kier alpha value is -6.63. The van der Waals surface area contributed by atoms with Crippen LogP contribution in [0.15, 0.2) is 160 Å². The van der Waals surface area contributed by atoms with E-state index in [-0.39, 0.29) is 0 Å². The monoisotopic (exact) mass is 671 g/mol. The molecule has 0 fully saturated rings. The Bertz CT molecular complexity index is 3160. The van der Waals surface area contributed by atoms with E-state index >= 15 is 0 Å². The second-order valence-corrected chi connectivity index (χ2v) is 13.8. The summed E-state index contributed by atoms with van der Waals surface area (Å²) in [7, 11) is 0. The van der Waals surface area contributed by atoms with Gasteiger partial charge in [-0.1, -0.05) is 103 Å². The average molecular weight is 672 g/mol. The molecule has 0 aliphatic carbocycles. The predicted molar refractivity (Wildman–Crippen MR) is 209 cm³/mol. The number of thiophene rings is 1. The van der Waals surface area contributed by atoms with Crippen molar-refractivity contribution in [3.8, 4) is 45.3 Å². The molecular formula is C45H25N3O2S. The number of nitrogens with zero attached hydrogens (tertiary/aromatic N) is 3. The maximum atomic E-state index is 6.41. The molecule has 238 valence electrons. The molecule has 5 nitrogen and oxygen atoms in total. The van der Waals surface area contributed by atoms with Crippen LogP contribution in [0.1, 0.15) is 0 Å². The van der Waals surface area contributed by atoms with E-state index in [9.17, 15) is 0 Å². The van der Waals surface area contributed by atoms with Crippen molar-refractivity contribution in [2.45, 2.75) is 0 Å². The van der Waals surface area contributed by atoms with Crippen molar-refractivity contribution in [2.75, 3.05) is 0 Å². The molecule has 11 aromatic rings. The van der Waals surface area contributed by atoms with E-state index in [0.29, 0.717) is 17.5 Å². The minimum Gasteiger partial charge on any atom is -0.456 e. The lowest BCUT2D eigenvalue weighted by Gasteiger charge is -2.09. The van der Waals surface area contributed by atoms with E-state index in [1.54, 1.807) is 11.3 Å². The smallest absolute Gasteiger partial charge is 0.164 e. The highest BCUT2D eigenvalue weighted by molar-refractivity contribution is 7.25. The molecule has 0 saturated carbocycles. The quantitative estimate of drug-likeness (QED) is 0.186. The van der Waals surface area contributed by atoms with Gasteiger partial charge in [0.25, 0.3) is 0 Å². The van der Waals surface area contributed by atoms with E-state index in [2.05, 4.69) is 78.9 Å². The lowest BCUT2D eigenvalue weighted by molar-refractivity contribution is 0.669. The molecule has 0 radical (unpaired) electrons. The first-order valence-electron chi connectivity index (χ1n) is 16.8. The van der Waals surface area contributed by atoms with Gasteiger partial charge in [0.15, 0.2) is 17.5 Å². The van der Waals surface area contributed by atoms with Crippen LogP contribution in [0.3, 0.4) is 0 Å². The van der Waals surface area contributed by atoms with Gasteiger partial charge >= 0.3 is 0 Å². The van der Waals surface area contributed by atoms with Crippen LogP contribution < -0.4 is 0 Å². The van der Waals surface area contributed by atoms with Gasteiger partial charge in [0, 0.05) is 64.0 Å². The third kappa shape index (κ3) is 4.43. The Morgan fingerprint density at radius 2 is 0.961 bits per heavy atom. The van der Waals surface area contributed by atoms with Crippen molar-refractivity contribution in [2.24, 2.45) is 0 Å². The molecule has 51 heavy (non-hydrogen) atoms. The molecule has 0 bridgehead atoms. The molecule has 0 aliphatic rings. The van der Waals surface area contributed by atoms with Gasteiger partial charge < -0.3 is 8.83 Å². The molecule has 4 heterocycles. The SMILES string of the molecule is c1ccc(-c2nc(-c3ccc4sc5ccc(-c6cccc7c6oc6ccccc67)cc5c4c3)nc(-c3cccc4oc5ccccc5c34)n2)cc1. The first kappa shape index (κ1) is 28.2. The van der Waals surface area contributed by atoms with Crippen LogP contribution >= 0.6 is 11.3 Å². The number of aromatic nitrogens is 3. The van der Waals surface area contributed by atoms with Gasteiger partial charge in [-0.05, 0) is 54.1 Å². The summed E-state index contributed by atoms with van der Waals surface area (Å²) in [5.41, 5.74) is 8.41. The average Bonchev–Trinajstić information content (AvgIpc) is 3.89. The van der Waals surface area contributed by atoms with E-state index in [1.165, 1.54) is 14.8 Å². The summed E-state index contributed by atoms with van der Waals surface area (Å²) in [5, 5.41) is 6.64. The fourth-order valence-electron chi connectivity index (χ4n) is 7.36. The Morgan fingerprint density at radius 3 is 1.78 bits per heavy atom. The fraction of sp³-hybridized carbons (Fsp3) is 0. The van der Waals surface area contributed by atoms with Gasteiger partial charge in [-0.15, -0.1) is 11.3 Å². The van der Waals surface area contributed by atoms with Crippen LogP contribution in [0.25, 0.3) is 109 Å². The summed E-state index contributed by atoms with van der Waals surface area (Å²) in [6.45, 7) is 0. The zero-order valence-corrected chi connectivity index (χ0v) is 27.8. The first-order valence-corrected chi connectivity index (χ1v) is 17.7. The highest BCUT2D eigenvalue weighted by Crippen LogP contribution is 2.42. The van der Waals surface area contributed by atoms with Crippen molar-refractivity contribution < 1.29 is 8.83 Å². The van der Waals surface area contributed by atoms with Crippen LogP contribution in [0.5, 0.6) is 0 Å². The number of hydrogen-bond donors (Lipinski definition) is 0. The topological polar surface area (TPSA) is 65.0 Å². The predicted octanol–water partition coefficient (Wildman–Crippen LogP) is 12.7. The van der Waals surface area contributed by atoms with Gasteiger partial charge in [-0.25, -0.2) is 15.0 Å². The lowest BCUT2D eigenvalue weighted by atomic mass is 10.00. The second kappa shape index (κ2) is 10.9. The summed E-state index contributed by atoms with van der Waals surface area (Å²) in [6.07, 6.45) is 0. The van der Waals surface area contributed by atoms with Crippen molar-refractivity contribution >= 4 is 75.4 Å². The van der Waals surface area contributed by atoms with Gasteiger partial charge in [0.05, 0.1) is 0 Å². The van der Waals surface area contributed by atoms with Crippen LogP contribution in [-0.2, 0) is 0 Å². The number of para-hydroxylation sites is 3. The molecular weight excluding hydrogens is 647 g/mol. The molecule has 0 unspecified atom stereocenters. The summed E-state index contributed by atoms with van der Waals surface area (Å²) in [5.74, 6) is 1.84. The van der Waals surface area contributed by atoms with Gasteiger partial charge in [0.2, 0.25) is 0 Å². The third-order valence-corrected chi connectivity index (χ3v) is 10.9. The van der Waals surface area contributed by atoms with Crippen molar-refractivity contribution in [1.29, 1.82) is 0 Å². The number of furan rings is 2. The molecule has 0 amide bonds. The molecule has 0 atom stereocenters. The number of rotatable bonds is 4. The normalized spacial score (nSPS) is 11.9. The van der Waals surface area contributed by atoms with Crippen LogP contribution in [0.4, 0.5) is 0 Å². The van der Waals surface area contributed by atoms with E-state index < -0.39 is 0 Å². The Kier molecular flexibility index (Phi) is 6.05. The summed E-state index contributed by atoms with van der Waals surface area (Å²) in [6, 6.07) is 52.1. The van der Waals surface area contributed by atoms with Gasteiger partial charge in [-0.2, -0.15) is 0 Å². The molecule has 0 saturated heterocycles. The number of hydrogen-bond acceptors (Lipinski definition) is 6. The molecule has 0 spiro atoms. The summed E-state index contributed by atoms with van der Waals surface area (Å²) >= 11 is 1.79. The zero-order valence-electron chi connectivity index (χ0n) is 27.0. The zero-order chi connectivity index (χ0) is 33.5. The maximum Gasteiger partial charge on any atom is 0.164 e. The highest BCUT2D eigenvalue weighted by Gasteiger charge is 2.19. The fourth-order valence-corrected chi connectivity index (χ4v) is 8.43. The molecule has 11 rings (SSSR count). The highest BCUT2D eigenvalue weighted by atomic mass is 32.1. The molecule has 4 aromatic heterocycles. The maximum absolute atomic E-state index is 6.41. The second-order valence-electron chi connectivity index (χ2n) is 12.8. The van der Waals surface area contributed by atoms with Crippen LogP contribution in [0.2, 0.25) is 0 Å². The van der Waals surface area contributed by atoms with E-state index in [1.807, 2.05) is 72.8 Å². The molecule has 0 aliphatic heterocycles.